The molecule has 4 rings (SSSR count). The lowest BCUT2D eigenvalue weighted by Gasteiger charge is -2.14. The van der Waals surface area contributed by atoms with Gasteiger partial charge in [-0.05, 0) is 17.9 Å². The average molecular weight is 365 g/mol. The topological polar surface area (TPSA) is 24.9 Å². The number of aromatic nitrogens is 1. The number of fused-ring (bicyclic) bond motifs is 4. The number of halogens is 1. The number of hydrogen-bond donors (Lipinski definition) is 1. The van der Waals surface area contributed by atoms with Crippen LogP contribution >= 0.6 is 15.9 Å². The van der Waals surface area contributed by atoms with E-state index in [1.54, 1.807) is 0 Å². The van der Waals surface area contributed by atoms with Crippen LogP contribution in [0.3, 0.4) is 0 Å². The van der Waals surface area contributed by atoms with Crippen molar-refractivity contribution in [2.24, 2.45) is 0 Å². The van der Waals surface area contributed by atoms with Crippen molar-refractivity contribution in [2.45, 2.75) is 6.42 Å². The molecule has 3 heteroatoms. The summed E-state index contributed by atoms with van der Waals surface area (Å²) in [5.41, 5.74) is 3.30. The number of pyridine rings is 1. The summed E-state index contributed by atoms with van der Waals surface area (Å²) < 4.78 is 0. The number of para-hydroxylation sites is 1. The van der Waals surface area contributed by atoms with E-state index in [2.05, 4.69) is 81.9 Å². The van der Waals surface area contributed by atoms with E-state index in [9.17, 15) is 0 Å². The first-order valence-electron chi connectivity index (χ1n) is 7.88. The largest absolute Gasteiger partial charge is 0.384 e. The number of rotatable bonds is 4. The summed E-state index contributed by atoms with van der Waals surface area (Å²) in [4.78, 5) is 4.95. The van der Waals surface area contributed by atoms with Crippen LogP contribution in [0.5, 0.6) is 0 Å². The Bertz CT molecular complexity index is 995. The first-order valence-corrected chi connectivity index (χ1v) is 9.00. The van der Waals surface area contributed by atoms with E-state index in [0.29, 0.717) is 0 Å². The fourth-order valence-electron chi connectivity index (χ4n) is 3.10. The lowest BCUT2D eigenvalue weighted by atomic mass is 10.0. The maximum atomic E-state index is 4.95. The van der Waals surface area contributed by atoms with Gasteiger partial charge in [0.05, 0.1) is 16.7 Å². The van der Waals surface area contributed by atoms with E-state index in [0.717, 1.165) is 29.3 Å². The third-order valence-corrected chi connectivity index (χ3v) is 4.75. The summed E-state index contributed by atoms with van der Waals surface area (Å²) in [6.07, 6.45) is 1.09. The maximum Gasteiger partial charge on any atom is 0.0808 e. The van der Waals surface area contributed by atoms with Crippen LogP contribution in [-0.2, 0) is 0 Å². The quantitative estimate of drug-likeness (QED) is 0.216. The summed E-state index contributed by atoms with van der Waals surface area (Å²) >= 11 is 3.50. The van der Waals surface area contributed by atoms with Crippen LogP contribution in [0, 0.1) is 0 Å². The normalized spacial score (nSPS) is 11.3. The number of hydrogen-bond acceptors (Lipinski definition) is 2. The second-order valence-electron chi connectivity index (χ2n) is 5.66. The van der Waals surface area contributed by atoms with E-state index < -0.39 is 0 Å². The van der Waals surface area contributed by atoms with Crippen LogP contribution in [0.4, 0.5) is 5.69 Å². The van der Waals surface area contributed by atoms with Gasteiger partial charge in [0.1, 0.15) is 0 Å². The predicted octanol–water partition coefficient (Wildman–Crippen LogP) is 5.74. The summed E-state index contributed by atoms with van der Waals surface area (Å²) in [6.45, 7) is 0.946. The lowest BCUT2D eigenvalue weighted by molar-refractivity contribution is 1.00. The van der Waals surface area contributed by atoms with Gasteiger partial charge >= 0.3 is 0 Å². The first-order chi connectivity index (χ1) is 11.4. The molecule has 0 atom stereocenters. The zero-order valence-electron chi connectivity index (χ0n) is 12.7. The highest BCUT2D eigenvalue weighted by Gasteiger charge is 2.10. The van der Waals surface area contributed by atoms with Crippen LogP contribution < -0.4 is 5.32 Å². The molecular weight excluding hydrogens is 348 g/mol. The molecule has 0 unspecified atom stereocenters. The Hall–Kier alpha value is -2.13. The minimum Gasteiger partial charge on any atom is -0.384 e. The lowest BCUT2D eigenvalue weighted by Crippen LogP contribution is -2.04. The van der Waals surface area contributed by atoms with Crippen LogP contribution in [0.25, 0.3) is 32.6 Å². The number of anilines is 1. The van der Waals surface area contributed by atoms with Gasteiger partial charge in [-0.2, -0.15) is 0 Å². The van der Waals surface area contributed by atoms with Crippen LogP contribution in [0.15, 0.2) is 60.7 Å². The van der Waals surface area contributed by atoms with Crippen LogP contribution in [-0.4, -0.2) is 16.9 Å². The van der Waals surface area contributed by atoms with Crippen molar-refractivity contribution in [3.05, 3.63) is 60.7 Å². The second kappa shape index (κ2) is 6.17. The van der Waals surface area contributed by atoms with Crippen molar-refractivity contribution < 1.29 is 0 Å². The van der Waals surface area contributed by atoms with E-state index >= 15 is 0 Å². The summed E-state index contributed by atoms with van der Waals surface area (Å²) in [5.74, 6) is 0. The smallest absolute Gasteiger partial charge is 0.0808 e. The molecule has 0 aliphatic carbocycles. The molecule has 0 saturated heterocycles. The molecule has 0 radical (unpaired) electrons. The third kappa shape index (κ3) is 2.55. The zero-order valence-corrected chi connectivity index (χ0v) is 14.3. The molecule has 1 heterocycles. The predicted molar refractivity (Wildman–Crippen MR) is 104 cm³/mol. The Balaban J connectivity index is 2.06. The molecule has 0 aliphatic rings. The average Bonchev–Trinajstić information content (AvgIpc) is 2.61. The fraction of sp³-hybridized carbons (Fsp3) is 0.150. The summed E-state index contributed by atoms with van der Waals surface area (Å²) in [7, 11) is 0. The highest BCUT2D eigenvalue weighted by Crippen LogP contribution is 2.34. The molecule has 0 aliphatic heterocycles. The van der Waals surface area contributed by atoms with E-state index in [1.165, 1.54) is 27.2 Å². The highest BCUT2D eigenvalue weighted by atomic mass is 79.9. The van der Waals surface area contributed by atoms with E-state index in [1.807, 2.05) is 0 Å². The summed E-state index contributed by atoms with van der Waals surface area (Å²) in [5, 5.41) is 9.45. The Morgan fingerprint density at radius 3 is 2.48 bits per heavy atom. The molecule has 23 heavy (non-hydrogen) atoms. The number of benzene rings is 3. The minimum atomic E-state index is 0.946. The molecule has 2 nitrogen and oxygen atoms in total. The van der Waals surface area contributed by atoms with Crippen molar-refractivity contribution in [2.75, 3.05) is 17.2 Å². The van der Waals surface area contributed by atoms with Gasteiger partial charge in [0.15, 0.2) is 0 Å². The monoisotopic (exact) mass is 364 g/mol. The Morgan fingerprint density at radius 1 is 0.826 bits per heavy atom. The van der Waals surface area contributed by atoms with Gasteiger partial charge in [0.2, 0.25) is 0 Å². The number of alkyl halides is 1. The van der Waals surface area contributed by atoms with Crippen molar-refractivity contribution in [3.63, 3.8) is 0 Å². The highest BCUT2D eigenvalue weighted by molar-refractivity contribution is 9.09. The van der Waals surface area contributed by atoms with Crippen molar-refractivity contribution in [1.82, 2.24) is 4.98 Å². The molecule has 1 aromatic heterocycles. The van der Waals surface area contributed by atoms with E-state index in [4.69, 9.17) is 4.98 Å². The minimum absolute atomic E-state index is 0.946. The van der Waals surface area contributed by atoms with Gasteiger partial charge in [-0.1, -0.05) is 70.5 Å². The molecule has 0 bridgehead atoms. The zero-order chi connectivity index (χ0) is 15.6. The van der Waals surface area contributed by atoms with Gasteiger partial charge in [-0.25, -0.2) is 4.98 Å². The molecule has 114 valence electrons. The molecule has 1 N–H and O–H groups in total. The van der Waals surface area contributed by atoms with Gasteiger partial charge < -0.3 is 5.32 Å². The molecule has 3 aromatic carbocycles. The van der Waals surface area contributed by atoms with E-state index in [-0.39, 0.29) is 0 Å². The van der Waals surface area contributed by atoms with Crippen LogP contribution in [0.2, 0.25) is 0 Å². The SMILES string of the molecule is BrCCCNc1c2ccccc2nc2c1ccc1ccccc12. The first kappa shape index (κ1) is 14.5. The number of nitrogens with zero attached hydrogens (tertiary/aromatic N) is 1. The van der Waals surface area contributed by atoms with Crippen molar-refractivity contribution >= 4 is 54.2 Å². The fourth-order valence-corrected chi connectivity index (χ4v) is 3.38. The standard InChI is InChI=1S/C20H17BrN2/c21-12-5-13-22-19-16-8-3-4-9-18(16)23-20-15-7-2-1-6-14(15)10-11-17(19)20/h1-4,6-11H,5,12-13H2,(H,22,23). The molecule has 4 aromatic rings. The van der Waals surface area contributed by atoms with Gasteiger partial charge in [0.25, 0.3) is 0 Å². The number of nitrogens with one attached hydrogen (secondary N) is 1. The Labute approximate surface area is 143 Å². The van der Waals surface area contributed by atoms with Gasteiger partial charge in [-0.15, -0.1) is 0 Å². The molecular formula is C20H17BrN2. The van der Waals surface area contributed by atoms with Gasteiger partial charge in [0, 0.05) is 28.0 Å². The molecule has 0 fully saturated rings. The van der Waals surface area contributed by atoms with Crippen LogP contribution in [0.1, 0.15) is 6.42 Å². The summed E-state index contributed by atoms with van der Waals surface area (Å²) in [6, 6.07) is 21.2. The van der Waals surface area contributed by atoms with Gasteiger partial charge in [-0.3, -0.25) is 0 Å². The maximum absolute atomic E-state index is 4.95. The van der Waals surface area contributed by atoms with Crippen molar-refractivity contribution in [3.8, 4) is 0 Å². The molecule has 0 saturated carbocycles. The second-order valence-corrected chi connectivity index (χ2v) is 6.45. The van der Waals surface area contributed by atoms with Crippen molar-refractivity contribution in [1.29, 1.82) is 0 Å². The Morgan fingerprint density at radius 2 is 1.61 bits per heavy atom. The molecule has 0 amide bonds. The third-order valence-electron chi connectivity index (χ3n) is 4.19. The Kier molecular flexibility index (Phi) is 3.88. The molecule has 0 spiro atoms.